The first kappa shape index (κ1) is 16.8. The summed E-state index contributed by atoms with van der Waals surface area (Å²) in [6, 6.07) is 16.6. The Morgan fingerprint density at radius 2 is 1.84 bits per heavy atom. The Morgan fingerprint density at radius 1 is 1.08 bits per heavy atom. The molecule has 0 bridgehead atoms. The fourth-order valence-electron chi connectivity index (χ4n) is 2.30. The Balaban J connectivity index is 1.64. The van der Waals surface area contributed by atoms with Gasteiger partial charge >= 0.3 is 0 Å². The SMILES string of the molecule is CCCCOc1ccc(-c2nnn(CC(=O)c3ccccc3)n2)cc1. The molecule has 3 rings (SSSR count). The summed E-state index contributed by atoms with van der Waals surface area (Å²) in [5, 5.41) is 12.3. The van der Waals surface area contributed by atoms with Crippen molar-refractivity contribution in [3.05, 3.63) is 60.2 Å². The average Bonchev–Trinajstić information content (AvgIpc) is 3.12. The molecule has 1 heterocycles. The Morgan fingerprint density at radius 3 is 2.56 bits per heavy atom. The van der Waals surface area contributed by atoms with E-state index in [2.05, 4.69) is 22.3 Å². The molecule has 6 heteroatoms. The molecule has 25 heavy (non-hydrogen) atoms. The highest BCUT2D eigenvalue weighted by atomic mass is 16.5. The van der Waals surface area contributed by atoms with Crippen molar-refractivity contribution in [1.29, 1.82) is 0 Å². The number of Topliss-reactive ketones (excluding diaryl/α,β-unsaturated/α-hetero) is 1. The molecule has 0 aliphatic rings. The topological polar surface area (TPSA) is 69.9 Å². The number of hydrogen-bond donors (Lipinski definition) is 0. The van der Waals surface area contributed by atoms with Gasteiger partial charge in [0.2, 0.25) is 5.82 Å². The molecule has 1 aromatic heterocycles. The lowest BCUT2D eigenvalue weighted by molar-refractivity contribution is 0.0961. The molecule has 0 aliphatic carbocycles. The van der Waals surface area contributed by atoms with Crippen LogP contribution >= 0.6 is 0 Å². The fourth-order valence-corrected chi connectivity index (χ4v) is 2.30. The number of benzene rings is 2. The van der Waals surface area contributed by atoms with Gasteiger partial charge in [-0.15, -0.1) is 10.2 Å². The predicted molar refractivity (Wildman–Crippen MR) is 94.4 cm³/mol. The number of ether oxygens (including phenoxy) is 1. The van der Waals surface area contributed by atoms with Gasteiger partial charge in [-0.25, -0.2) is 0 Å². The van der Waals surface area contributed by atoms with E-state index < -0.39 is 0 Å². The summed E-state index contributed by atoms with van der Waals surface area (Å²) in [6.45, 7) is 2.91. The van der Waals surface area contributed by atoms with Crippen LogP contribution in [-0.4, -0.2) is 32.6 Å². The number of tetrazole rings is 1. The van der Waals surface area contributed by atoms with Crippen molar-refractivity contribution < 1.29 is 9.53 Å². The highest BCUT2D eigenvalue weighted by molar-refractivity contribution is 5.95. The summed E-state index contributed by atoms with van der Waals surface area (Å²) >= 11 is 0. The Hall–Kier alpha value is -3.02. The third kappa shape index (κ3) is 4.50. The molecule has 0 unspecified atom stereocenters. The number of nitrogens with zero attached hydrogens (tertiary/aromatic N) is 4. The standard InChI is InChI=1S/C19H20N4O2/c1-2-3-13-25-17-11-9-16(10-12-17)19-20-22-23(21-19)14-18(24)15-7-5-4-6-8-15/h4-12H,2-3,13-14H2,1H3. The van der Waals surface area contributed by atoms with Gasteiger partial charge in [-0.1, -0.05) is 43.7 Å². The Kier molecular flexibility index (Phi) is 5.51. The minimum Gasteiger partial charge on any atom is -0.494 e. The maximum atomic E-state index is 12.2. The molecule has 0 atom stereocenters. The molecule has 0 fully saturated rings. The maximum Gasteiger partial charge on any atom is 0.204 e. The van der Waals surface area contributed by atoms with Crippen LogP contribution < -0.4 is 4.74 Å². The molecule has 3 aromatic rings. The van der Waals surface area contributed by atoms with Crippen molar-refractivity contribution in [3.63, 3.8) is 0 Å². The Bertz CT molecular complexity index is 813. The molecule has 6 nitrogen and oxygen atoms in total. The summed E-state index contributed by atoms with van der Waals surface area (Å²) in [5.41, 5.74) is 1.47. The first-order valence-electron chi connectivity index (χ1n) is 8.35. The van der Waals surface area contributed by atoms with Gasteiger partial charge in [0.15, 0.2) is 5.78 Å². The highest BCUT2D eigenvalue weighted by Crippen LogP contribution is 2.19. The number of hydrogen-bond acceptors (Lipinski definition) is 5. The van der Waals surface area contributed by atoms with E-state index in [-0.39, 0.29) is 12.3 Å². The third-order valence-electron chi connectivity index (χ3n) is 3.71. The second-order valence-corrected chi connectivity index (χ2v) is 5.66. The molecule has 0 radical (unpaired) electrons. The van der Waals surface area contributed by atoms with Crippen molar-refractivity contribution in [2.24, 2.45) is 0 Å². The molecule has 0 saturated carbocycles. The predicted octanol–water partition coefficient (Wildman–Crippen LogP) is 3.40. The molecule has 0 spiro atoms. The number of carbonyl (C=O) groups is 1. The smallest absolute Gasteiger partial charge is 0.204 e. The van der Waals surface area contributed by atoms with Gasteiger partial charge in [-0.2, -0.15) is 4.80 Å². The van der Waals surface area contributed by atoms with E-state index in [9.17, 15) is 4.79 Å². The third-order valence-corrected chi connectivity index (χ3v) is 3.71. The molecule has 0 saturated heterocycles. The van der Waals surface area contributed by atoms with E-state index in [1.165, 1.54) is 4.80 Å². The first-order valence-corrected chi connectivity index (χ1v) is 8.35. The summed E-state index contributed by atoms with van der Waals surface area (Å²) in [4.78, 5) is 13.5. The van der Waals surface area contributed by atoms with Gasteiger partial charge in [0.25, 0.3) is 0 Å². The van der Waals surface area contributed by atoms with Gasteiger partial charge in [0, 0.05) is 11.1 Å². The van der Waals surface area contributed by atoms with E-state index in [4.69, 9.17) is 4.74 Å². The Labute approximate surface area is 146 Å². The zero-order valence-corrected chi connectivity index (χ0v) is 14.1. The van der Waals surface area contributed by atoms with Crippen molar-refractivity contribution in [2.45, 2.75) is 26.3 Å². The minimum atomic E-state index is -0.0516. The van der Waals surface area contributed by atoms with Crippen LogP contribution in [0.3, 0.4) is 0 Å². The van der Waals surface area contributed by atoms with Crippen LogP contribution in [0, 0.1) is 0 Å². The van der Waals surface area contributed by atoms with Crippen molar-refractivity contribution in [1.82, 2.24) is 20.2 Å². The normalized spacial score (nSPS) is 10.6. The van der Waals surface area contributed by atoms with E-state index in [1.807, 2.05) is 42.5 Å². The second kappa shape index (κ2) is 8.19. The minimum absolute atomic E-state index is 0.0516. The van der Waals surface area contributed by atoms with E-state index in [1.54, 1.807) is 12.1 Å². The quantitative estimate of drug-likeness (QED) is 0.466. The summed E-state index contributed by atoms with van der Waals surface area (Å²) in [5.74, 6) is 1.26. The van der Waals surface area contributed by atoms with Crippen LogP contribution in [0.15, 0.2) is 54.6 Å². The van der Waals surface area contributed by atoms with Gasteiger partial charge in [-0.05, 0) is 35.9 Å². The largest absolute Gasteiger partial charge is 0.494 e. The zero-order valence-electron chi connectivity index (χ0n) is 14.1. The van der Waals surface area contributed by atoms with Crippen LogP contribution in [0.25, 0.3) is 11.4 Å². The highest BCUT2D eigenvalue weighted by Gasteiger charge is 2.11. The molecule has 0 amide bonds. The fraction of sp³-hybridized carbons (Fsp3) is 0.263. The number of rotatable bonds is 8. The van der Waals surface area contributed by atoms with E-state index in [0.29, 0.717) is 18.0 Å². The zero-order chi connectivity index (χ0) is 17.5. The lowest BCUT2D eigenvalue weighted by atomic mass is 10.1. The molecule has 128 valence electrons. The molecule has 0 aliphatic heterocycles. The lowest BCUT2D eigenvalue weighted by Gasteiger charge is -2.05. The first-order chi connectivity index (χ1) is 12.3. The van der Waals surface area contributed by atoms with Crippen molar-refractivity contribution in [3.8, 4) is 17.1 Å². The van der Waals surface area contributed by atoms with Crippen LogP contribution in [0.4, 0.5) is 0 Å². The number of ketones is 1. The number of unbranched alkanes of at least 4 members (excludes halogenated alkanes) is 1. The van der Waals surface area contributed by atoms with Crippen LogP contribution in [0.2, 0.25) is 0 Å². The molecular formula is C19H20N4O2. The monoisotopic (exact) mass is 336 g/mol. The average molecular weight is 336 g/mol. The van der Waals surface area contributed by atoms with Crippen LogP contribution in [-0.2, 0) is 6.54 Å². The van der Waals surface area contributed by atoms with Crippen LogP contribution in [0.5, 0.6) is 5.75 Å². The number of aromatic nitrogens is 4. The molecule has 0 N–H and O–H groups in total. The van der Waals surface area contributed by atoms with Crippen LogP contribution in [0.1, 0.15) is 30.1 Å². The second-order valence-electron chi connectivity index (χ2n) is 5.66. The summed E-state index contributed by atoms with van der Waals surface area (Å²) in [7, 11) is 0. The summed E-state index contributed by atoms with van der Waals surface area (Å²) in [6.07, 6.45) is 2.14. The van der Waals surface area contributed by atoms with E-state index in [0.717, 1.165) is 24.2 Å². The van der Waals surface area contributed by atoms with Gasteiger partial charge < -0.3 is 4.74 Å². The van der Waals surface area contributed by atoms with Crippen molar-refractivity contribution >= 4 is 5.78 Å². The lowest BCUT2D eigenvalue weighted by Crippen LogP contribution is -2.13. The van der Waals surface area contributed by atoms with Gasteiger partial charge in [0.1, 0.15) is 12.3 Å². The molecule has 2 aromatic carbocycles. The summed E-state index contributed by atoms with van der Waals surface area (Å²) < 4.78 is 5.64. The van der Waals surface area contributed by atoms with Crippen molar-refractivity contribution in [2.75, 3.05) is 6.61 Å². The molecular weight excluding hydrogens is 316 g/mol. The number of carbonyl (C=O) groups excluding carboxylic acids is 1. The van der Waals surface area contributed by atoms with E-state index >= 15 is 0 Å². The van der Waals surface area contributed by atoms with Gasteiger partial charge in [0.05, 0.1) is 6.61 Å². The maximum absolute atomic E-state index is 12.2. The van der Waals surface area contributed by atoms with Gasteiger partial charge in [-0.3, -0.25) is 4.79 Å².